The molecule has 0 spiro atoms. The first kappa shape index (κ1) is 11.4. The molecule has 0 aliphatic carbocycles. The monoisotopic (exact) mass is 211 g/mol. The Hall–Kier alpha value is -0.120. The van der Waals surface area contributed by atoms with Crippen molar-refractivity contribution in [1.29, 1.82) is 0 Å². The van der Waals surface area contributed by atoms with Gasteiger partial charge in [0.15, 0.2) is 0 Å². The Bertz CT molecular complexity index is 179. The molecule has 2 aliphatic heterocycles. The molecule has 2 fully saturated rings. The zero-order chi connectivity index (χ0) is 10.7. The van der Waals surface area contributed by atoms with E-state index in [1.165, 1.54) is 63.6 Å². The number of hydrogen-bond acceptors (Lipinski definition) is 2. The summed E-state index contributed by atoms with van der Waals surface area (Å²) >= 11 is 0. The number of piperazine rings is 1. The summed E-state index contributed by atoms with van der Waals surface area (Å²) in [7, 11) is 4.09. The predicted octanol–water partition coefficient (Wildman–Crippen LogP) is -0.537. The van der Waals surface area contributed by atoms with Crippen LogP contribution in [0.5, 0.6) is 0 Å². The molecule has 0 bridgehead atoms. The smallest absolute Gasteiger partial charge is 0.0545 e. The molecule has 2 saturated heterocycles. The average Bonchev–Trinajstić information content (AvgIpc) is 2.30. The van der Waals surface area contributed by atoms with Gasteiger partial charge < -0.3 is 9.80 Å². The molecule has 88 valence electrons. The maximum atomic E-state index is 4.09. The van der Waals surface area contributed by atoms with Crippen molar-refractivity contribution in [2.75, 3.05) is 45.8 Å². The van der Waals surface area contributed by atoms with E-state index in [1.54, 1.807) is 0 Å². The largest absolute Gasteiger partial charge is 0.468 e. The average molecular weight is 211 g/mol. The third-order valence-corrected chi connectivity index (χ3v) is 4.03. The first-order valence-corrected chi connectivity index (χ1v) is 6.42. The third kappa shape index (κ3) is 2.92. The van der Waals surface area contributed by atoms with Crippen LogP contribution in [0.2, 0.25) is 0 Å². The van der Waals surface area contributed by atoms with Crippen LogP contribution in [0.15, 0.2) is 0 Å². The molecule has 0 unspecified atom stereocenters. The summed E-state index contributed by atoms with van der Waals surface area (Å²) in [6, 6.07) is 0.856. The molecule has 2 rings (SSSR count). The highest BCUT2D eigenvalue weighted by molar-refractivity contribution is 4.79. The van der Waals surface area contributed by atoms with E-state index in [4.69, 9.17) is 0 Å². The van der Waals surface area contributed by atoms with Gasteiger partial charge in [-0.3, -0.25) is 4.90 Å². The highest BCUT2D eigenvalue weighted by Gasteiger charge is 2.26. The van der Waals surface area contributed by atoms with E-state index in [0.717, 1.165) is 6.04 Å². The Kier molecular flexibility index (Phi) is 4.00. The minimum atomic E-state index is 0.856. The number of nitrogens with one attached hydrogen (secondary N) is 1. The van der Waals surface area contributed by atoms with Crippen molar-refractivity contribution in [2.24, 2.45) is 0 Å². The van der Waals surface area contributed by atoms with Gasteiger partial charge in [0, 0.05) is 45.1 Å². The molecule has 0 aromatic heterocycles. The lowest BCUT2D eigenvalue weighted by atomic mass is 10.0. The molecular weight excluding hydrogens is 186 g/mol. The Morgan fingerprint density at radius 3 is 2.27 bits per heavy atom. The van der Waals surface area contributed by atoms with E-state index in [-0.39, 0.29) is 0 Å². The fourth-order valence-corrected chi connectivity index (χ4v) is 2.82. The highest BCUT2D eigenvalue weighted by Crippen LogP contribution is 2.12. The fraction of sp³-hybridized carbons (Fsp3) is 0.917. The second-order valence-electron chi connectivity index (χ2n) is 4.95. The van der Waals surface area contributed by atoms with E-state index >= 15 is 0 Å². The van der Waals surface area contributed by atoms with Gasteiger partial charge in [-0.2, -0.15) is 7.05 Å². The molecule has 0 saturated carbocycles. The molecule has 0 aromatic rings. The van der Waals surface area contributed by atoms with Crippen LogP contribution in [-0.2, 0) is 0 Å². The lowest BCUT2D eigenvalue weighted by Crippen LogP contribution is -3.08. The molecule has 0 atom stereocenters. The molecule has 0 aromatic carbocycles. The van der Waals surface area contributed by atoms with Gasteiger partial charge in [-0.1, -0.05) is 6.92 Å². The van der Waals surface area contributed by atoms with E-state index in [0.29, 0.717) is 0 Å². The lowest BCUT2D eigenvalue weighted by Gasteiger charge is -2.42. The molecule has 2 heterocycles. The Morgan fingerprint density at radius 2 is 1.73 bits per heavy atom. The number of likely N-dealkylation sites (N-methyl/N-ethyl adjacent to an activating group) is 1. The molecule has 0 radical (unpaired) electrons. The molecule has 1 N–H and O–H groups in total. The summed E-state index contributed by atoms with van der Waals surface area (Å²) in [5.41, 5.74) is 0. The third-order valence-electron chi connectivity index (χ3n) is 4.03. The summed E-state index contributed by atoms with van der Waals surface area (Å²) in [6.07, 6.45) is 2.70. The van der Waals surface area contributed by atoms with Crippen molar-refractivity contribution in [2.45, 2.75) is 25.8 Å². The summed E-state index contributed by atoms with van der Waals surface area (Å²) < 4.78 is 0. The van der Waals surface area contributed by atoms with Crippen molar-refractivity contribution in [3.8, 4) is 0 Å². The number of likely N-dealkylation sites (tertiary alicyclic amines) is 1. The van der Waals surface area contributed by atoms with Gasteiger partial charge in [0.25, 0.3) is 0 Å². The summed E-state index contributed by atoms with van der Waals surface area (Å²) in [5, 5.41) is 0. The van der Waals surface area contributed by atoms with Gasteiger partial charge >= 0.3 is 0 Å². The van der Waals surface area contributed by atoms with Crippen LogP contribution < -0.4 is 4.90 Å². The second kappa shape index (κ2) is 5.28. The van der Waals surface area contributed by atoms with E-state index < -0.39 is 0 Å². The molecular formula is C12H25N3. The lowest BCUT2D eigenvalue weighted by molar-refractivity contribution is -0.859. The highest BCUT2D eigenvalue weighted by atomic mass is 15.3. The molecule has 2 aliphatic rings. The molecule has 15 heavy (non-hydrogen) atoms. The van der Waals surface area contributed by atoms with Crippen molar-refractivity contribution in [3.63, 3.8) is 0 Å². The number of quaternary nitrogens is 1. The summed E-state index contributed by atoms with van der Waals surface area (Å²) in [4.78, 5) is 6.73. The Balaban J connectivity index is 1.75. The first-order valence-electron chi connectivity index (χ1n) is 6.42. The van der Waals surface area contributed by atoms with E-state index in [1.807, 2.05) is 0 Å². The molecule has 0 amide bonds. The van der Waals surface area contributed by atoms with Crippen molar-refractivity contribution >= 4 is 0 Å². The van der Waals surface area contributed by atoms with Crippen molar-refractivity contribution in [1.82, 2.24) is 9.80 Å². The fourth-order valence-electron chi connectivity index (χ4n) is 2.82. The van der Waals surface area contributed by atoms with Gasteiger partial charge in [-0.05, 0) is 6.54 Å². The SMILES string of the molecule is [CH2-][NH+]1CCC(N2CCN(CC)CC2)CC1. The maximum absolute atomic E-state index is 4.09. The van der Waals surface area contributed by atoms with Crippen LogP contribution in [0.3, 0.4) is 0 Å². The van der Waals surface area contributed by atoms with Gasteiger partial charge in [-0.25, -0.2) is 0 Å². The number of rotatable bonds is 2. The van der Waals surface area contributed by atoms with Crippen molar-refractivity contribution in [3.05, 3.63) is 7.05 Å². The topological polar surface area (TPSA) is 10.9 Å². The normalized spacial score (nSPS) is 35.6. The van der Waals surface area contributed by atoms with Crippen LogP contribution in [0.25, 0.3) is 0 Å². The summed E-state index contributed by atoms with van der Waals surface area (Å²) in [5.74, 6) is 0. The van der Waals surface area contributed by atoms with Crippen LogP contribution in [0.4, 0.5) is 0 Å². The van der Waals surface area contributed by atoms with Gasteiger partial charge in [0.1, 0.15) is 0 Å². The van der Waals surface area contributed by atoms with Gasteiger partial charge in [0.2, 0.25) is 0 Å². The van der Waals surface area contributed by atoms with E-state index in [9.17, 15) is 0 Å². The van der Waals surface area contributed by atoms with Gasteiger partial charge in [0.05, 0.1) is 13.1 Å². The minimum Gasteiger partial charge on any atom is -0.468 e. The maximum Gasteiger partial charge on any atom is 0.0545 e. The Labute approximate surface area is 94.0 Å². The standard InChI is InChI=1S/C12H25N3/c1-3-14-8-10-15(11-9-14)12-4-6-13(2)7-5-12/h12-13H,2-11H2,1H3. The van der Waals surface area contributed by atoms with Crippen molar-refractivity contribution < 1.29 is 4.90 Å². The molecule has 3 nitrogen and oxygen atoms in total. The quantitative estimate of drug-likeness (QED) is 0.615. The predicted molar refractivity (Wildman–Crippen MR) is 62.8 cm³/mol. The molecule has 3 heteroatoms. The van der Waals surface area contributed by atoms with Crippen LogP contribution in [0, 0.1) is 7.05 Å². The number of hydrogen-bond donors (Lipinski definition) is 1. The first-order chi connectivity index (χ1) is 7.29. The van der Waals surface area contributed by atoms with Gasteiger partial charge in [-0.15, -0.1) is 0 Å². The Morgan fingerprint density at radius 1 is 1.13 bits per heavy atom. The minimum absolute atomic E-state index is 0.856. The number of nitrogens with zero attached hydrogens (tertiary/aromatic N) is 2. The second-order valence-corrected chi connectivity index (χ2v) is 4.95. The van der Waals surface area contributed by atoms with Crippen LogP contribution >= 0.6 is 0 Å². The van der Waals surface area contributed by atoms with E-state index in [2.05, 4.69) is 23.8 Å². The zero-order valence-electron chi connectivity index (χ0n) is 10.0. The van der Waals surface area contributed by atoms with Crippen LogP contribution in [-0.4, -0.2) is 61.7 Å². The zero-order valence-corrected chi connectivity index (χ0v) is 10.0. The number of piperidine rings is 1. The van der Waals surface area contributed by atoms with Crippen LogP contribution in [0.1, 0.15) is 19.8 Å². The summed E-state index contributed by atoms with van der Waals surface area (Å²) in [6.45, 7) is 11.1.